The number of benzene rings is 2. The van der Waals surface area contributed by atoms with E-state index in [9.17, 15) is 18.0 Å². The normalized spacial score (nSPS) is 18.6. The number of halogens is 3. The molecule has 150 valence electrons. The average molecular weight is 391 g/mol. The summed E-state index contributed by atoms with van der Waals surface area (Å²) in [6.45, 7) is 2.36. The van der Waals surface area contributed by atoms with Gasteiger partial charge in [0, 0.05) is 0 Å². The zero-order valence-electron chi connectivity index (χ0n) is 15.8. The molecule has 28 heavy (non-hydrogen) atoms. The molecule has 0 saturated heterocycles. The maximum absolute atomic E-state index is 12.8. The van der Waals surface area contributed by atoms with Gasteiger partial charge in [0.2, 0.25) is 0 Å². The van der Waals surface area contributed by atoms with E-state index in [2.05, 4.69) is 5.32 Å². The van der Waals surface area contributed by atoms with Gasteiger partial charge in [0.25, 0.3) is 0 Å². The highest BCUT2D eigenvalue weighted by atomic mass is 19.4. The van der Waals surface area contributed by atoms with Crippen molar-refractivity contribution in [1.82, 2.24) is 5.32 Å². The van der Waals surface area contributed by atoms with Crippen LogP contribution in [0.1, 0.15) is 48.4 Å². The third-order valence-electron chi connectivity index (χ3n) is 5.21. The number of ether oxygens (including phenoxy) is 1. The summed E-state index contributed by atoms with van der Waals surface area (Å²) in [5.74, 6) is 0. The highest BCUT2D eigenvalue weighted by Crippen LogP contribution is 2.40. The Morgan fingerprint density at radius 1 is 1.14 bits per heavy atom. The molecule has 0 aliphatic heterocycles. The minimum Gasteiger partial charge on any atom is -0.450 e. The van der Waals surface area contributed by atoms with Crippen molar-refractivity contribution in [1.29, 1.82) is 0 Å². The van der Waals surface area contributed by atoms with Gasteiger partial charge in [0.1, 0.15) is 0 Å². The molecule has 0 fully saturated rings. The second-order valence-corrected chi connectivity index (χ2v) is 7.23. The molecule has 0 radical (unpaired) electrons. The number of amides is 1. The van der Waals surface area contributed by atoms with Crippen LogP contribution >= 0.6 is 0 Å². The summed E-state index contributed by atoms with van der Waals surface area (Å²) >= 11 is 0. The fourth-order valence-electron chi connectivity index (χ4n) is 3.75. The Morgan fingerprint density at radius 2 is 1.86 bits per heavy atom. The lowest BCUT2D eigenvalue weighted by atomic mass is 9.85. The average Bonchev–Trinajstić information content (AvgIpc) is 3.00. The van der Waals surface area contributed by atoms with Crippen molar-refractivity contribution in [3.8, 4) is 0 Å². The Labute approximate surface area is 162 Å². The standard InChI is InChI=1S/C22H24F3NO2/c1-2-3-14-28-20(27)26-21(13-12-17-6-4-5-7-19(17)21)15-16-8-10-18(11-9-16)22(23,24)25/h4-11H,2-3,12-15H2,1H3,(H,26,27). The number of aryl methyl sites for hydroxylation is 1. The summed E-state index contributed by atoms with van der Waals surface area (Å²) in [4.78, 5) is 12.4. The van der Waals surface area contributed by atoms with Crippen LogP contribution in [-0.4, -0.2) is 12.7 Å². The number of carbonyl (C=O) groups excluding carboxylic acids is 1. The van der Waals surface area contributed by atoms with E-state index in [0.29, 0.717) is 19.4 Å². The molecule has 1 atom stereocenters. The number of nitrogens with one attached hydrogen (secondary N) is 1. The summed E-state index contributed by atoms with van der Waals surface area (Å²) in [5, 5.41) is 3.02. The Bertz CT molecular complexity index is 817. The highest BCUT2D eigenvalue weighted by Gasteiger charge is 2.40. The second-order valence-electron chi connectivity index (χ2n) is 7.23. The van der Waals surface area contributed by atoms with E-state index >= 15 is 0 Å². The summed E-state index contributed by atoms with van der Waals surface area (Å²) in [7, 11) is 0. The van der Waals surface area contributed by atoms with Gasteiger partial charge >= 0.3 is 12.3 Å². The van der Waals surface area contributed by atoms with Crippen LogP contribution in [0, 0.1) is 0 Å². The van der Waals surface area contributed by atoms with Gasteiger partial charge in [-0.2, -0.15) is 13.2 Å². The number of hydrogen-bond acceptors (Lipinski definition) is 2. The smallest absolute Gasteiger partial charge is 0.416 e. The van der Waals surface area contributed by atoms with Crippen molar-refractivity contribution in [3.05, 3.63) is 70.8 Å². The number of rotatable bonds is 6. The van der Waals surface area contributed by atoms with Crippen LogP contribution < -0.4 is 5.32 Å². The third-order valence-corrected chi connectivity index (χ3v) is 5.21. The van der Waals surface area contributed by atoms with Crippen LogP contribution in [-0.2, 0) is 29.3 Å². The van der Waals surface area contributed by atoms with Crippen LogP contribution in [0.2, 0.25) is 0 Å². The molecule has 0 heterocycles. The molecular weight excluding hydrogens is 367 g/mol. The number of hydrogen-bond donors (Lipinski definition) is 1. The first-order valence-electron chi connectivity index (χ1n) is 9.53. The predicted octanol–water partition coefficient (Wildman–Crippen LogP) is 5.62. The van der Waals surface area contributed by atoms with Crippen molar-refractivity contribution in [2.45, 2.75) is 50.7 Å². The molecule has 6 heteroatoms. The monoisotopic (exact) mass is 391 g/mol. The summed E-state index contributed by atoms with van der Waals surface area (Å²) < 4.78 is 43.8. The first-order valence-corrected chi connectivity index (χ1v) is 9.53. The van der Waals surface area contributed by atoms with Gasteiger partial charge in [-0.05, 0) is 54.5 Å². The molecule has 0 aromatic heterocycles. The number of alkyl carbamates (subject to hydrolysis) is 1. The topological polar surface area (TPSA) is 38.3 Å². The lowest BCUT2D eigenvalue weighted by Crippen LogP contribution is -2.46. The van der Waals surface area contributed by atoms with Crippen LogP contribution in [0.5, 0.6) is 0 Å². The van der Waals surface area contributed by atoms with E-state index in [1.807, 2.05) is 31.2 Å². The molecule has 1 aliphatic rings. The maximum Gasteiger partial charge on any atom is 0.416 e. The molecule has 2 aromatic carbocycles. The molecule has 0 spiro atoms. The quantitative estimate of drug-likeness (QED) is 0.650. The molecule has 3 nitrogen and oxygen atoms in total. The van der Waals surface area contributed by atoms with Gasteiger partial charge in [0.05, 0.1) is 17.7 Å². The van der Waals surface area contributed by atoms with Gasteiger partial charge in [-0.3, -0.25) is 0 Å². The minimum atomic E-state index is -4.36. The van der Waals surface area contributed by atoms with Crippen molar-refractivity contribution in [3.63, 3.8) is 0 Å². The molecule has 0 saturated carbocycles. The lowest BCUT2D eigenvalue weighted by molar-refractivity contribution is -0.137. The summed E-state index contributed by atoms with van der Waals surface area (Å²) in [6.07, 6.45) is -1.26. The molecular formula is C22H24F3NO2. The lowest BCUT2D eigenvalue weighted by Gasteiger charge is -2.32. The number of fused-ring (bicyclic) bond motifs is 1. The molecule has 1 unspecified atom stereocenters. The SMILES string of the molecule is CCCCOC(=O)NC1(Cc2ccc(C(F)(F)F)cc2)CCc2ccccc21. The fraction of sp³-hybridized carbons (Fsp3) is 0.409. The molecule has 1 N–H and O–H groups in total. The second kappa shape index (κ2) is 8.25. The molecule has 0 bridgehead atoms. The van der Waals surface area contributed by atoms with Gasteiger partial charge in [-0.15, -0.1) is 0 Å². The van der Waals surface area contributed by atoms with Crippen LogP contribution in [0.3, 0.4) is 0 Å². The molecule has 1 amide bonds. The Morgan fingerprint density at radius 3 is 2.54 bits per heavy atom. The van der Waals surface area contributed by atoms with E-state index in [-0.39, 0.29) is 0 Å². The van der Waals surface area contributed by atoms with Crippen LogP contribution in [0.4, 0.5) is 18.0 Å². The van der Waals surface area contributed by atoms with E-state index in [4.69, 9.17) is 4.74 Å². The minimum absolute atomic E-state index is 0.348. The predicted molar refractivity (Wildman–Crippen MR) is 101 cm³/mol. The summed E-state index contributed by atoms with van der Waals surface area (Å²) in [5.41, 5.74) is 1.52. The molecule has 3 rings (SSSR count). The Balaban J connectivity index is 1.85. The van der Waals surface area contributed by atoms with Gasteiger partial charge in [-0.25, -0.2) is 4.79 Å². The van der Waals surface area contributed by atoms with Crippen LogP contribution in [0.25, 0.3) is 0 Å². The molecule has 1 aliphatic carbocycles. The Kier molecular flexibility index (Phi) is 5.96. The van der Waals surface area contributed by atoms with Gasteiger partial charge < -0.3 is 10.1 Å². The van der Waals surface area contributed by atoms with Crippen molar-refractivity contribution in [2.75, 3.05) is 6.61 Å². The number of carbonyl (C=O) groups is 1. The summed E-state index contributed by atoms with van der Waals surface area (Å²) in [6, 6.07) is 13.0. The first kappa shape index (κ1) is 20.2. The first-order chi connectivity index (χ1) is 13.3. The van der Waals surface area contributed by atoms with Gasteiger partial charge in [0.15, 0.2) is 0 Å². The zero-order chi connectivity index (χ0) is 20.2. The number of unbranched alkanes of at least 4 members (excludes halogenated alkanes) is 1. The van der Waals surface area contributed by atoms with Crippen LogP contribution in [0.15, 0.2) is 48.5 Å². The molecule has 2 aromatic rings. The Hall–Kier alpha value is -2.50. The van der Waals surface area contributed by atoms with Crippen molar-refractivity contribution in [2.24, 2.45) is 0 Å². The van der Waals surface area contributed by atoms with Crippen molar-refractivity contribution >= 4 is 6.09 Å². The van der Waals surface area contributed by atoms with Gasteiger partial charge in [-0.1, -0.05) is 49.7 Å². The third kappa shape index (κ3) is 4.49. The van der Waals surface area contributed by atoms with Crippen molar-refractivity contribution < 1.29 is 22.7 Å². The highest BCUT2D eigenvalue weighted by molar-refractivity contribution is 5.69. The van der Waals surface area contributed by atoms with E-state index < -0.39 is 23.4 Å². The maximum atomic E-state index is 12.8. The number of alkyl halides is 3. The zero-order valence-corrected chi connectivity index (χ0v) is 15.8. The van der Waals surface area contributed by atoms with E-state index in [0.717, 1.165) is 48.1 Å². The largest absolute Gasteiger partial charge is 0.450 e. The van der Waals surface area contributed by atoms with E-state index in [1.54, 1.807) is 0 Å². The van der Waals surface area contributed by atoms with E-state index in [1.165, 1.54) is 12.1 Å². The fourth-order valence-corrected chi connectivity index (χ4v) is 3.75.